The van der Waals surface area contributed by atoms with Crippen LogP contribution in [-0.4, -0.2) is 78.0 Å². The van der Waals surface area contributed by atoms with Crippen LogP contribution in [-0.2, 0) is 14.0 Å². The Balaban J connectivity index is 1.52. The zero-order valence-electron chi connectivity index (χ0n) is 17.5. The van der Waals surface area contributed by atoms with Crippen molar-refractivity contribution in [3.8, 4) is 0 Å². The number of halogens is 1. The van der Waals surface area contributed by atoms with Crippen molar-refractivity contribution in [3.63, 3.8) is 0 Å². The SMILES string of the molecule is CC(c1ccc2c(NC3CCCC3)nc(Cl)nn12)[C@H]1OC(COCP(=O)(O)O)[C@@H](O)[C@H]1O. The van der Waals surface area contributed by atoms with E-state index in [1.54, 1.807) is 4.52 Å². The molecule has 1 aliphatic heterocycles. The van der Waals surface area contributed by atoms with Gasteiger partial charge in [-0.1, -0.05) is 19.8 Å². The molecular formula is C19H28ClN4O7P. The largest absolute Gasteiger partial charge is 0.388 e. The first-order valence-electron chi connectivity index (χ1n) is 10.6. The number of hydrogen-bond donors (Lipinski definition) is 5. The Morgan fingerprint density at radius 3 is 2.72 bits per heavy atom. The number of aliphatic hydroxyl groups is 2. The van der Waals surface area contributed by atoms with Crippen LogP contribution in [0.4, 0.5) is 5.82 Å². The van der Waals surface area contributed by atoms with Gasteiger partial charge in [0.1, 0.15) is 30.2 Å². The second kappa shape index (κ2) is 9.52. The molecule has 0 radical (unpaired) electrons. The van der Waals surface area contributed by atoms with E-state index in [-0.39, 0.29) is 17.8 Å². The predicted molar refractivity (Wildman–Crippen MR) is 116 cm³/mol. The minimum absolute atomic E-state index is 0.0827. The average Bonchev–Trinajstić information content (AvgIpc) is 3.43. The maximum atomic E-state index is 11.0. The van der Waals surface area contributed by atoms with E-state index in [4.69, 9.17) is 30.9 Å². The lowest BCUT2D eigenvalue weighted by molar-refractivity contribution is -0.0436. The van der Waals surface area contributed by atoms with E-state index in [2.05, 4.69) is 15.4 Å². The topological polar surface area (TPSA) is 159 Å². The van der Waals surface area contributed by atoms with Crippen molar-refractivity contribution in [1.29, 1.82) is 0 Å². The van der Waals surface area contributed by atoms with Gasteiger partial charge in [0.05, 0.1) is 12.7 Å². The normalized spacial score (nSPS) is 27.9. The number of nitrogens with zero attached hydrogens (tertiary/aromatic N) is 3. The average molecular weight is 491 g/mol. The number of nitrogens with one attached hydrogen (secondary N) is 1. The molecule has 2 unspecified atom stereocenters. The highest BCUT2D eigenvalue weighted by Crippen LogP contribution is 2.36. The van der Waals surface area contributed by atoms with Crippen LogP contribution in [0.25, 0.3) is 5.52 Å². The zero-order valence-corrected chi connectivity index (χ0v) is 19.2. The number of aromatic nitrogens is 3. The van der Waals surface area contributed by atoms with Gasteiger partial charge in [-0.05, 0) is 36.6 Å². The van der Waals surface area contributed by atoms with Gasteiger partial charge in [0.25, 0.3) is 0 Å². The van der Waals surface area contributed by atoms with E-state index in [1.165, 1.54) is 12.8 Å². The summed E-state index contributed by atoms with van der Waals surface area (Å²) in [4.78, 5) is 22.2. The Labute approximate surface area is 189 Å². The van der Waals surface area contributed by atoms with Crippen LogP contribution in [0.1, 0.15) is 44.2 Å². The Kier molecular flexibility index (Phi) is 7.09. The van der Waals surface area contributed by atoms with Gasteiger partial charge in [0.15, 0.2) is 5.82 Å². The van der Waals surface area contributed by atoms with E-state index in [0.717, 1.165) is 18.4 Å². The molecular weight excluding hydrogens is 463 g/mol. The van der Waals surface area contributed by atoms with E-state index in [1.807, 2.05) is 19.1 Å². The highest BCUT2D eigenvalue weighted by molar-refractivity contribution is 7.51. The first-order chi connectivity index (χ1) is 15.1. The number of anilines is 1. The van der Waals surface area contributed by atoms with Crippen LogP contribution in [0.2, 0.25) is 5.28 Å². The molecule has 2 aliphatic rings. The first kappa shape index (κ1) is 23.8. The van der Waals surface area contributed by atoms with Gasteiger partial charge in [-0.2, -0.15) is 4.98 Å². The fourth-order valence-corrected chi connectivity index (χ4v) is 4.99. The van der Waals surface area contributed by atoms with Crippen LogP contribution in [0.3, 0.4) is 0 Å². The number of hydrogen-bond acceptors (Lipinski definition) is 8. The Hall–Kier alpha value is -1.30. The molecule has 3 heterocycles. The summed E-state index contributed by atoms with van der Waals surface area (Å²) in [7, 11) is -4.34. The molecule has 11 nitrogen and oxygen atoms in total. The fraction of sp³-hybridized carbons (Fsp3) is 0.684. The van der Waals surface area contributed by atoms with Crippen molar-refractivity contribution in [1.82, 2.24) is 14.6 Å². The summed E-state index contributed by atoms with van der Waals surface area (Å²) < 4.78 is 23.4. The quantitative estimate of drug-likeness (QED) is 0.343. The summed E-state index contributed by atoms with van der Waals surface area (Å²) in [6.45, 7) is 1.58. The van der Waals surface area contributed by atoms with Gasteiger partial charge in [0, 0.05) is 17.7 Å². The molecule has 178 valence electrons. The predicted octanol–water partition coefficient (Wildman–Crippen LogP) is 1.48. The minimum Gasteiger partial charge on any atom is -0.388 e. The lowest BCUT2D eigenvalue weighted by Crippen LogP contribution is -2.36. The molecule has 1 saturated heterocycles. The number of fused-ring (bicyclic) bond motifs is 1. The van der Waals surface area contributed by atoms with Crippen molar-refractivity contribution >= 4 is 30.5 Å². The molecule has 1 aliphatic carbocycles. The van der Waals surface area contributed by atoms with Gasteiger partial charge in [-0.15, -0.1) is 5.10 Å². The van der Waals surface area contributed by atoms with Crippen molar-refractivity contribution in [3.05, 3.63) is 23.1 Å². The Morgan fingerprint density at radius 2 is 2.03 bits per heavy atom. The molecule has 2 fully saturated rings. The van der Waals surface area contributed by atoms with Crippen LogP contribution in [0, 0.1) is 0 Å². The highest BCUT2D eigenvalue weighted by atomic mass is 35.5. The van der Waals surface area contributed by atoms with E-state index in [9.17, 15) is 14.8 Å². The van der Waals surface area contributed by atoms with Crippen molar-refractivity contribution in [2.75, 3.05) is 18.3 Å². The molecule has 2 aromatic heterocycles. The van der Waals surface area contributed by atoms with Crippen molar-refractivity contribution in [2.45, 2.75) is 69.0 Å². The highest BCUT2D eigenvalue weighted by Gasteiger charge is 2.46. The van der Waals surface area contributed by atoms with Gasteiger partial charge >= 0.3 is 7.60 Å². The summed E-state index contributed by atoms with van der Waals surface area (Å²) in [5.41, 5.74) is 1.46. The molecule has 0 aromatic carbocycles. The summed E-state index contributed by atoms with van der Waals surface area (Å²) in [6, 6.07) is 4.06. The van der Waals surface area contributed by atoms with Crippen molar-refractivity contribution < 1.29 is 34.0 Å². The third-order valence-electron chi connectivity index (χ3n) is 6.11. The standard InChI is InChI=1S/C19H28ClN4O7P/c1-10(17-16(26)15(25)14(31-17)8-30-9-32(27,28)29)12-6-7-13-18(21-11-4-2-3-5-11)22-19(20)23-24(12)13/h6-7,10-11,14-17,25-26H,2-5,8-9H2,1H3,(H,21,22,23)(H2,27,28,29)/t10?,14?,15-,16-,17-/m1/s1. The number of ether oxygens (including phenoxy) is 2. The molecule has 1 saturated carbocycles. The maximum absolute atomic E-state index is 11.0. The number of rotatable bonds is 8. The molecule has 0 bridgehead atoms. The number of aliphatic hydroxyl groups excluding tert-OH is 2. The summed E-state index contributed by atoms with van der Waals surface area (Å²) in [6.07, 6.45) is -0.476. The van der Waals surface area contributed by atoms with E-state index >= 15 is 0 Å². The van der Waals surface area contributed by atoms with Crippen molar-refractivity contribution in [2.24, 2.45) is 0 Å². The van der Waals surface area contributed by atoms with Crippen LogP contribution >= 0.6 is 19.2 Å². The third-order valence-corrected chi connectivity index (χ3v) is 6.79. The molecule has 13 heteroatoms. The third kappa shape index (κ3) is 5.10. The molecule has 0 amide bonds. The lowest BCUT2D eigenvalue weighted by Gasteiger charge is -2.22. The lowest BCUT2D eigenvalue weighted by atomic mass is 9.95. The van der Waals surface area contributed by atoms with Crippen LogP contribution in [0.5, 0.6) is 0 Å². The smallest absolute Gasteiger partial charge is 0.350 e. The minimum atomic E-state index is -4.34. The van der Waals surface area contributed by atoms with Crippen LogP contribution < -0.4 is 5.32 Å². The zero-order chi connectivity index (χ0) is 23.0. The Morgan fingerprint density at radius 1 is 1.31 bits per heavy atom. The van der Waals surface area contributed by atoms with E-state index < -0.39 is 38.4 Å². The molecule has 0 spiro atoms. The summed E-state index contributed by atoms with van der Waals surface area (Å²) in [5, 5.41) is 28.8. The molecule has 5 N–H and O–H groups in total. The summed E-state index contributed by atoms with van der Waals surface area (Å²) >= 11 is 6.19. The summed E-state index contributed by atoms with van der Waals surface area (Å²) in [5.74, 6) is 0.256. The molecule has 32 heavy (non-hydrogen) atoms. The molecule has 2 aromatic rings. The van der Waals surface area contributed by atoms with Gasteiger partial charge < -0.3 is 34.8 Å². The maximum Gasteiger partial charge on any atom is 0.350 e. The fourth-order valence-electron chi connectivity index (χ4n) is 4.49. The Bertz CT molecular complexity index is 995. The second-order valence-electron chi connectivity index (χ2n) is 8.48. The molecule has 5 atom stereocenters. The van der Waals surface area contributed by atoms with Gasteiger partial charge in [0.2, 0.25) is 5.28 Å². The molecule has 4 rings (SSSR count). The monoisotopic (exact) mass is 490 g/mol. The van der Waals surface area contributed by atoms with Gasteiger partial charge in [-0.3, -0.25) is 4.57 Å². The van der Waals surface area contributed by atoms with Gasteiger partial charge in [-0.25, -0.2) is 4.52 Å². The first-order valence-corrected chi connectivity index (χ1v) is 12.8. The second-order valence-corrected chi connectivity index (χ2v) is 10.4. The van der Waals surface area contributed by atoms with Crippen LogP contribution in [0.15, 0.2) is 12.1 Å². The van der Waals surface area contributed by atoms with E-state index in [0.29, 0.717) is 17.6 Å².